The standard InChI is InChI=1S/C20H29N7OS/c1-21-20(22-13-17(18-6-5-11-29-18)25-7-3-4-8-25)26-9-10-27(19(28)15-26)16-12-23-24(2)14-16/h5-6,11-12,14,17H,3-4,7-10,13,15H2,1-2H3,(H,21,22). The SMILES string of the molecule is CN=C(NCC(c1cccs1)N1CCCC1)N1CCN(c2cnn(C)c2)C(=O)C1. The Kier molecular flexibility index (Phi) is 6.15. The molecule has 4 rings (SSSR count). The van der Waals surface area contributed by atoms with Gasteiger partial charge in [0.2, 0.25) is 5.91 Å². The second-order valence-corrected chi connectivity index (χ2v) is 8.52. The van der Waals surface area contributed by atoms with Crippen molar-refractivity contribution in [1.29, 1.82) is 0 Å². The molecule has 8 nitrogen and oxygen atoms in total. The zero-order valence-electron chi connectivity index (χ0n) is 17.1. The molecule has 1 unspecified atom stereocenters. The van der Waals surface area contributed by atoms with E-state index in [4.69, 9.17) is 0 Å². The molecule has 29 heavy (non-hydrogen) atoms. The van der Waals surface area contributed by atoms with Crippen molar-refractivity contribution in [3.05, 3.63) is 34.8 Å². The predicted octanol–water partition coefficient (Wildman–Crippen LogP) is 1.54. The lowest BCUT2D eigenvalue weighted by atomic mass is 10.2. The fourth-order valence-corrected chi connectivity index (χ4v) is 5.00. The van der Waals surface area contributed by atoms with E-state index in [0.717, 1.165) is 37.8 Å². The molecule has 2 saturated heterocycles. The first-order valence-electron chi connectivity index (χ1n) is 10.2. The molecule has 0 bridgehead atoms. The van der Waals surface area contributed by atoms with Gasteiger partial charge in [-0.3, -0.25) is 19.4 Å². The Morgan fingerprint density at radius 3 is 2.76 bits per heavy atom. The molecule has 0 spiro atoms. The number of hydrogen-bond acceptors (Lipinski definition) is 5. The number of hydrogen-bond donors (Lipinski definition) is 1. The third-order valence-electron chi connectivity index (χ3n) is 5.64. The Morgan fingerprint density at radius 2 is 2.14 bits per heavy atom. The zero-order valence-corrected chi connectivity index (χ0v) is 17.9. The van der Waals surface area contributed by atoms with Gasteiger partial charge in [0.1, 0.15) is 6.54 Å². The maximum atomic E-state index is 12.7. The number of aliphatic imine (C=N–C) groups is 1. The molecule has 156 valence electrons. The summed E-state index contributed by atoms with van der Waals surface area (Å²) in [5, 5.41) is 9.86. The van der Waals surface area contributed by atoms with Gasteiger partial charge in [-0.25, -0.2) is 0 Å². The summed E-state index contributed by atoms with van der Waals surface area (Å²) in [4.78, 5) is 25.0. The molecule has 2 aromatic rings. The topological polar surface area (TPSA) is 69.0 Å². The van der Waals surface area contributed by atoms with E-state index in [1.807, 2.05) is 29.5 Å². The molecule has 2 fully saturated rings. The summed E-state index contributed by atoms with van der Waals surface area (Å²) in [5.74, 6) is 0.867. The summed E-state index contributed by atoms with van der Waals surface area (Å²) < 4.78 is 1.72. The number of anilines is 1. The Labute approximate surface area is 175 Å². The van der Waals surface area contributed by atoms with Crippen molar-refractivity contribution < 1.29 is 4.79 Å². The zero-order chi connectivity index (χ0) is 20.2. The van der Waals surface area contributed by atoms with Crippen LogP contribution in [0.4, 0.5) is 5.69 Å². The van der Waals surface area contributed by atoms with Crippen LogP contribution in [0.2, 0.25) is 0 Å². The normalized spacial score (nSPS) is 19.8. The van der Waals surface area contributed by atoms with Gasteiger partial charge in [0, 0.05) is 44.8 Å². The second-order valence-electron chi connectivity index (χ2n) is 7.54. The number of rotatable bonds is 5. The van der Waals surface area contributed by atoms with Crippen molar-refractivity contribution >= 4 is 28.9 Å². The van der Waals surface area contributed by atoms with Crippen LogP contribution in [0.25, 0.3) is 0 Å². The van der Waals surface area contributed by atoms with Crippen LogP contribution in [0, 0.1) is 0 Å². The lowest BCUT2D eigenvalue weighted by Crippen LogP contribution is -2.56. The van der Waals surface area contributed by atoms with Crippen molar-refractivity contribution in [2.75, 3.05) is 51.2 Å². The van der Waals surface area contributed by atoms with E-state index in [-0.39, 0.29) is 5.91 Å². The van der Waals surface area contributed by atoms with E-state index in [1.54, 1.807) is 22.8 Å². The first-order chi connectivity index (χ1) is 14.2. The van der Waals surface area contributed by atoms with Gasteiger partial charge in [0.05, 0.1) is 17.9 Å². The third kappa shape index (κ3) is 4.45. The average Bonchev–Trinajstić information content (AvgIpc) is 3.48. The number of likely N-dealkylation sites (tertiary alicyclic amines) is 1. The maximum Gasteiger partial charge on any atom is 0.246 e. The average molecular weight is 416 g/mol. The van der Waals surface area contributed by atoms with Crippen molar-refractivity contribution in [3.8, 4) is 0 Å². The van der Waals surface area contributed by atoms with Crippen LogP contribution < -0.4 is 10.2 Å². The number of amides is 1. The van der Waals surface area contributed by atoms with E-state index in [2.05, 4.69) is 37.8 Å². The molecule has 4 heterocycles. The van der Waals surface area contributed by atoms with Crippen LogP contribution in [0.5, 0.6) is 0 Å². The van der Waals surface area contributed by atoms with Gasteiger partial charge < -0.3 is 15.1 Å². The number of guanidine groups is 1. The Hall–Kier alpha value is -2.39. The monoisotopic (exact) mass is 415 g/mol. The van der Waals surface area contributed by atoms with Gasteiger partial charge in [-0.1, -0.05) is 6.07 Å². The summed E-state index contributed by atoms with van der Waals surface area (Å²) in [6, 6.07) is 4.68. The molecule has 0 aromatic carbocycles. The number of nitrogens with one attached hydrogen (secondary N) is 1. The molecule has 1 amide bonds. The minimum absolute atomic E-state index is 0.0709. The number of thiophene rings is 1. The number of carbonyl (C=O) groups is 1. The molecule has 1 atom stereocenters. The molecular weight excluding hydrogens is 386 g/mol. The van der Waals surface area contributed by atoms with Gasteiger partial charge in [0.15, 0.2) is 5.96 Å². The summed E-state index contributed by atoms with van der Waals surface area (Å²) in [5.41, 5.74) is 0.854. The highest BCUT2D eigenvalue weighted by Crippen LogP contribution is 2.28. The van der Waals surface area contributed by atoms with E-state index < -0.39 is 0 Å². The fourth-order valence-electron chi connectivity index (χ4n) is 4.14. The Bertz CT molecular complexity index is 841. The number of piperazine rings is 1. The van der Waals surface area contributed by atoms with Gasteiger partial charge in [0.25, 0.3) is 0 Å². The smallest absolute Gasteiger partial charge is 0.246 e. The molecule has 9 heteroatoms. The highest BCUT2D eigenvalue weighted by Gasteiger charge is 2.29. The Morgan fingerprint density at radius 1 is 1.31 bits per heavy atom. The van der Waals surface area contributed by atoms with Crippen LogP contribution in [0.1, 0.15) is 23.8 Å². The van der Waals surface area contributed by atoms with Gasteiger partial charge in [-0.15, -0.1) is 11.3 Å². The van der Waals surface area contributed by atoms with E-state index in [0.29, 0.717) is 19.1 Å². The van der Waals surface area contributed by atoms with Crippen LogP contribution in [-0.2, 0) is 11.8 Å². The van der Waals surface area contributed by atoms with Crippen molar-refractivity contribution in [2.45, 2.75) is 18.9 Å². The minimum atomic E-state index is 0.0709. The number of aromatic nitrogens is 2. The fraction of sp³-hybridized carbons (Fsp3) is 0.550. The number of aryl methyl sites for hydroxylation is 1. The van der Waals surface area contributed by atoms with Gasteiger partial charge in [-0.05, 0) is 37.4 Å². The summed E-state index contributed by atoms with van der Waals surface area (Å²) in [6.45, 7) is 4.78. The second kappa shape index (κ2) is 8.96. The van der Waals surface area contributed by atoms with E-state index in [9.17, 15) is 4.79 Å². The molecule has 0 aliphatic carbocycles. The minimum Gasteiger partial charge on any atom is -0.354 e. The largest absolute Gasteiger partial charge is 0.354 e. The van der Waals surface area contributed by atoms with E-state index in [1.165, 1.54) is 17.7 Å². The van der Waals surface area contributed by atoms with Gasteiger partial charge >= 0.3 is 0 Å². The van der Waals surface area contributed by atoms with Crippen LogP contribution in [0.15, 0.2) is 34.9 Å². The lowest BCUT2D eigenvalue weighted by Gasteiger charge is -2.36. The summed E-state index contributed by atoms with van der Waals surface area (Å²) in [7, 11) is 3.65. The Balaban J connectivity index is 1.38. The van der Waals surface area contributed by atoms with Crippen molar-refractivity contribution in [3.63, 3.8) is 0 Å². The van der Waals surface area contributed by atoms with E-state index >= 15 is 0 Å². The maximum absolute atomic E-state index is 12.7. The molecule has 2 aromatic heterocycles. The summed E-state index contributed by atoms with van der Waals surface area (Å²) >= 11 is 1.81. The van der Waals surface area contributed by atoms with Crippen LogP contribution in [0.3, 0.4) is 0 Å². The van der Waals surface area contributed by atoms with Crippen LogP contribution in [-0.4, -0.2) is 77.8 Å². The predicted molar refractivity (Wildman–Crippen MR) is 116 cm³/mol. The number of carbonyl (C=O) groups excluding carboxylic acids is 1. The first-order valence-corrected chi connectivity index (χ1v) is 11.1. The van der Waals surface area contributed by atoms with Crippen molar-refractivity contribution in [2.24, 2.45) is 12.0 Å². The number of nitrogens with zero attached hydrogens (tertiary/aromatic N) is 6. The van der Waals surface area contributed by atoms with Gasteiger partial charge in [-0.2, -0.15) is 5.10 Å². The molecule has 2 aliphatic heterocycles. The third-order valence-corrected chi connectivity index (χ3v) is 6.62. The summed E-state index contributed by atoms with van der Waals surface area (Å²) in [6.07, 6.45) is 6.15. The molecule has 2 aliphatic rings. The lowest BCUT2D eigenvalue weighted by molar-refractivity contribution is -0.120. The molecular formula is C20H29N7OS. The molecule has 0 saturated carbocycles. The highest BCUT2D eigenvalue weighted by molar-refractivity contribution is 7.10. The first kappa shape index (κ1) is 19.9. The van der Waals surface area contributed by atoms with Crippen LogP contribution >= 0.6 is 11.3 Å². The molecule has 0 radical (unpaired) electrons. The quantitative estimate of drug-likeness (QED) is 0.593. The molecule has 1 N–H and O–H groups in total. The van der Waals surface area contributed by atoms with Crippen molar-refractivity contribution in [1.82, 2.24) is 24.9 Å². The highest BCUT2D eigenvalue weighted by atomic mass is 32.1.